The fourth-order valence-electron chi connectivity index (χ4n) is 1.38. The summed E-state index contributed by atoms with van der Waals surface area (Å²) in [6.07, 6.45) is 0.849. The van der Waals surface area contributed by atoms with Crippen LogP contribution >= 0.6 is 0 Å². The van der Waals surface area contributed by atoms with Crippen molar-refractivity contribution in [2.75, 3.05) is 13.2 Å². The van der Waals surface area contributed by atoms with Crippen molar-refractivity contribution in [3.05, 3.63) is 29.3 Å². The Morgan fingerprint density at radius 2 is 1.94 bits per heavy atom. The molecular weight excluding hydrogens is 216 g/mol. The van der Waals surface area contributed by atoms with Crippen LogP contribution in [-0.2, 0) is 4.74 Å². The Kier molecular flexibility index (Phi) is 4.70. The van der Waals surface area contributed by atoms with Crippen molar-refractivity contribution in [2.24, 2.45) is 0 Å². The fraction of sp³-hybridized carbons (Fsp3) is 0.500. The molecule has 0 atom stereocenters. The predicted molar refractivity (Wildman–Crippen MR) is 67.8 cm³/mol. The van der Waals surface area contributed by atoms with E-state index in [0.717, 1.165) is 17.6 Å². The molecule has 0 unspecified atom stereocenters. The molecule has 0 aliphatic rings. The maximum Gasteiger partial charge on any atom is 0.150 e. The summed E-state index contributed by atoms with van der Waals surface area (Å²) in [7, 11) is 0. The van der Waals surface area contributed by atoms with E-state index in [1.54, 1.807) is 12.1 Å². The van der Waals surface area contributed by atoms with Gasteiger partial charge in [0.15, 0.2) is 0 Å². The maximum absolute atomic E-state index is 10.6. The van der Waals surface area contributed by atoms with Crippen LogP contribution in [0.1, 0.15) is 36.7 Å². The molecule has 0 aliphatic carbocycles. The van der Waals surface area contributed by atoms with Crippen LogP contribution in [0.3, 0.4) is 0 Å². The summed E-state index contributed by atoms with van der Waals surface area (Å²) in [5.41, 5.74) is 1.48. The van der Waals surface area contributed by atoms with Crippen LogP contribution in [0.15, 0.2) is 18.2 Å². The van der Waals surface area contributed by atoms with E-state index in [9.17, 15) is 4.79 Å². The molecule has 0 amide bonds. The number of ether oxygens (including phenoxy) is 2. The van der Waals surface area contributed by atoms with Crippen LogP contribution in [0, 0.1) is 6.92 Å². The van der Waals surface area contributed by atoms with Gasteiger partial charge in [0.1, 0.15) is 18.6 Å². The largest absolute Gasteiger partial charge is 0.491 e. The lowest BCUT2D eigenvalue weighted by atomic mass is 10.1. The summed E-state index contributed by atoms with van der Waals surface area (Å²) < 4.78 is 11.1. The third-order valence-electron chi connectivity index (χ3n) is 2.26. The number of aldehydes is 1. The van der Waals surface area contributed by atoms with E-state index in [1.807, 2.05) is 33.8 Å². The van der Waals surface area contributed by atoms with E-state index in [4.69, 9.17) is 9.47 Å². The minimum absolute atomic E-state index is 0.138. The van der Waals surface area contributed by atoms with Gasteiger partial charge in [0.2, 0.25) is 0 Å². The van der Waals surface area contributed by atoms with Gasteiger partial charge in [-0.05, 0) is 51.5 Å². The Morgan fingerprint density at radius 3 is 2.47 bits per heavy atom. The molecule has 94 valence electrons. The van der Waals surface area contributed by atoms with E-state index >= 15 is 0 Å². The summed E-state index contributed by atoms with van der Waals surface area (Å²) in [4.78, 5) is 10.6. The average Bonchev–Trinajstić information content (AvgIpc) is 2.23. The number of carbonyl (C=O) groups is 1. The molecule has 17 heavy (non-hydrogen) atoms. The molecule has 0 bridgehead atoms. The topological polar surface area (TPSA) is 35.5 Å². The average molecular weight is 236 g/mol. The van der Waals surface area contributed by atoms with Crippen LogP contribution < -0.4 is 4.74 Å². The van der Waals surface area contributed by atoms with Crippen molar-refractivity contribution in [2.45, 2.75) is 33.3 Å². The second-order valence-electron chi connectivity index (χ2n) is 4.95. The van der Waals surface area contributed by atoms with Crippen LogP contribution in [-0.4, -0.2) is 25.1 Å². The van der Waals surface area contributed by atoms with Gasteiger partial charge in [-0.2, -0.15) is 0 Å². The maximum atomic E-state index is 10.6. The molecular formula is C14H20O3. The highest BCUT2D eigenvalue weighted by molar-refractivity contribution is 5.77. The fourth-order valence-corrected chi connectivity index (χ4v) is 1.38. The first-order chi connectivity index (χ1) is 7.92. The SMILES string of the molecule is Cc1cc(OCCOC(C)(C)C)ccc1C=O. The zero-order valence-corrected chi connectivity index (χ0v) is 10.9. The number of carbonyl (C=O) groups excluding carboxylic acids is 1. The molecule has 0 saturated carbocycles. The highest BCUT2D eigenvalue weighted by Gasteiger charge is 2.09. The van der Waals surface area contributed by atoms with Gasteiger partial charge in [-0.15, -0.1) is 0 Å². The second kappa shape index (κ2) is 5.82. The lowest BCUT2D eigenvalue weighted by molar-refractivity contribution is -0.0163. The van der Waals surface area contributed by atoms with Gasteiger partial charge in [-0.1, -0.05) is 0 Å². The van der Waals surface area contributed by atoms with E-state index in [2.05, 4.69) is 0 Å². The van der Waals surface area contributed by atoms with E-state index in [1.165, 1.54) is 0 Å². The molecule has 0 aromatic heterocycles. The first-order valence-electron chi connectivity index (χ1n) is 5.75. The monoisotopic (exact) mass is 236 g/mol. The Morgan fingerprint density at radius 1 is 1.24 bits per heavy atom. The molecule has 0 fully saturated rings. The quantitative estimate of drug-likeness (QED) is 0.582. The normalized spacial score (nSPS) is 11.3. The van der Waals surface area contributed by atoms with Crippen molar-refractivity contribution in [1.82, 2.24) is 0 Å². The van der Waals surface area contributed by atoms with E-state index in [0.29, 0.717) is 18.8 Å². The van der Waals surface area contributed by atoms with Gasteiger partial charge in [-0.25, -0.2) is 0 Å². The smallest absolute Gasteiger partial charge is 0.150 e. The number of rotatable bonds is 5. The molecule has 1 aromatic rings. The van der Waals surface area contributed by atoms with Crippen LogP contribution in [0.4, 0.5) is 0 Å². The van der Waals surface area contributed by atoms with Crippen molar-refractivity contribution in [1.29, 1.82) is 0 Å². The Labute approximate surface area is 103 Å². The number of hydrogen-bond donors (Lipinski definition) is 0. The van der Waals surface area contributed by atoms with Crippen LogP contribution in [0.25, 0.3) is 0 Å². The van der Waals surface area contributed by atoms with Crippen molar-refractivity contribution < 1.29 is 14.3 Å². The van der Waals surface area contributed by atoms with Gasteiger partial charge in [0, 0.05) is 5.56 Å². The molecule has 0 saturated heterocycles. The zero-order chi connectivity index (χ0) is 12.9. The summed E-state index contributed by atoms with van der Waals surface area (Å²) >= 11 is 0. The molecule has 0 heterocycles. The van der Waals surface area contributed by atoms with Gasteiger partial charge >= 0.3 is 0 Å². The highest BCUT2D eigenvalue weighted by atomic mass is 16.5. The third kappa shape index (κ3) is 5.00. The summed E-state index contributed by atoms with van der Waals surface area (Å²) in [6, 6.07) is 5.43. The van der Waals surface area contributed by atoms with E-state index in [-0.39, 0.29) is 5.60 Å². The first kappa shape index (κ1) is 13.7. The van der Waals surface area contributed by atoms with E-state index < -0.39 is 0 Å². The number of benzene rings is 1. The minimum Gasteiger partial charge on any atom is -0.491 e. The van der Waals surface area contributed by atoms with Crippen LogP contribution in [0.2, 0.25) is 0 Å². The molecule has 0 radical (unpaired) electrons. The second-order valence-corrected chi connectivity index (χ2v) is 4.95. The molecule has 0 aliphatic heterocycles. The van der Waals surface area contributed by atoms with Crippen molar-refractivity contribution >= 4 is 6.29 Å². The Hall–Kier alpha value is -1.35. The predicted octanol–water partition coefficient (Wildman–Crippen LogP) is 3.00. The zero-order valence-electron chi connectivity index (χ0n) is 10.9. The Balaban J connectivity index is 2.42. The third-order valence-corrected chi connectivity index (χ3v) is 2.26. The van der Waals surface area contributed by atoms with Crippen molar-refractivity contribution in [3.8, 4) is 5.75 Å². The summed E-state index contributed by atoms with van der Waals surface area (Å²) in [6.45, 7) is 8.99. The minimum atomic E-state index is -0.138. The molecule has 3 heteroatoms. The first-order valence-corrected chi connectivity index (χ1v) is 5.75. The molecule has 0 spiro atoms. The van der Waals surface area contributed by atoms with Gasteiger partial charge in [0.05, 0.1) is 12.2 Å². The standard InChI is InChI=1S/C14H20O3/c1-11-9-13(6-5-12(11)10-15)16-7-8-17-14(2,3)4/h5-6,9-10H,7-8H2,1-4H3. The lowest BCUT2D eigenvalue weighted by Crippen LogP contribution is -2.22. The van der Waals surface area contributed by atoms with Gasteiger partial charge in [-0.3, -0.25) is 4.79 Å². The number of hydrogen-bond acceptors (Lipinski definition) is 3. The molecule has 0 N–H and O–H groups in total. The number of aryl methyl sites for hydroxylation is 1. The summed E-state index contributed by atoms with van der Waals surface area (Å²) in [5.74, 6) is 0.769. The molecule has 3 nitrogen and oxygen atoms in total. The summed E-state index contributed by atoms with van der Waals surface area (Å²) in [5, 5.41) is 0. The lowest BCUT2D eigenvalue weighted by Gasteiger charge is -2.19. The van der Waals surface area contributed by atoms with Crippen LogP contribution in [0.5, 0.6) is 5.75 Å². The molecule has 1 rings (SSSR count). The Bertz CT molecular complexity index is 378. The van der Waals surface area contributed by atoms with Gasteiger partial charge < -0.3 is 9.47 Å². The van der Waals surface area contributed by atoms with Gasteiger partial charge in [0.25, 0.3) is 0 Å². The molecule has 1 aromatic carbocycles. The van der Waals surface area contributed by atoms with Crippen molar-refractivity contribution in [3.63, 3.8) is 0 Å². The highest BCUT2D eigenvalue weighted by Crippen LogP contribution is 2.16.